The van der Waals surface area contributed by atoms with Gasteiger partial charge in [-0.05, 0) is 43.0 Å². The molecular formula is C14H18F3NO. The molecule has 1 heterocycles. The number of hydrogen-bond acceptors (Lipinski definition) is 2. The minimum atomic E-state index is -4.26. The third-order valence-corrected chi connectivity index (χ3v) is 3.57. The number of piperidine rings is 1. The Balaban J connectivity index is 2.05. The molecule has 1 aliphatic heterocycles. The van der Waals surface area contributed by atoms with Crippen molar-refractivity contribution in [1.82, 2.24) is 5.32 Å². The number of halogens is 3. The lowest BCUT2D eigenvalue weighted by Gasteiger charge is -2.30. The van der Waals surface area contributed by atoms with E-state index in [1.807, 2.05) is 0 Å². The molecule has 1 fully saturated rings. The Morgan fingerprint density at radius 3 is 2.53 bits per heavy atom. The first-order valence-corrected chi connectivity index (χ1v) is 6.40. The molecule has 1 aliphatic rings. The molecule has 2 atom stereocenters. The minimum absolute atomic E-state index is 0.283. The van der Waals surface area contributed by atoms with Gasteiger partial charge in [-0.25, -0.2) is 0 Å². The SMILES string of the molecule is COCC1CC(c2ccc(C(F)(F)F)cc2)CCN1. The molecular weight excluding hydrogens is 255 g/mol. The molecule has 0 aromatic heterocycles. The molecule has 2 nitrogen and oxygen atoms in total. The highest BCUT2D eigenvalue weighted by Crippen LogP contribution is 2.32. The first-order chi connectivity index (χ1) is 9.00. The van der Waals surface area contributed by atoms with Crippen LogP contribution in [0, 0.1) is 0 Å². The smallest absolute Gasteiger partial charge is 0.383 e. The molecule has 0 aliphatic carbocycles. The van der Waals surface area contributed by atoms with Gasteiger partial charge in [0.25, 0.3) is 0 Å². The van der Waals surface area contributed by atoms with Crippen LogP contribution in [0.2, 0.25) is 0 Å². The number of nitrogens with one attached hydrogen (secondary N) is 1. The molecule has 5 heteroatoms. The van der Waals surface area contributed by atoms with Crippen molar-refractivity contribution in [3.63, 3.8) is 0 Å². The first kappa shape index (κ1) is 14.3. The maximum absolute atomic E-state index is 12.5. The second-order valence-corrected chi connectivity index (χ2v) is 4.95. The van der Waals surface area contributed by atoms with E-state index < -0.39 is 11.7 Å². The van der Waals surface area contributed by atoms with E-state index in [-0.39, 0.29) is 6.04 Å². The van der Waals surface area contributed by atoms with Crippen LogP contribution >= 0.6 is 0 Å². The molecule has 106 valence electrons. The highest BCUT2D eigenvalue weighted by atomic mass is 19.4. The summed E-state index contributed by atoms with van der Waals surface area (Å²) in [4.78, 5) is 0. The van der Waals surface area contributed by atoms with Crippen molar-refractivity contribution >= 4 is 0 Å². The molecule has 0 bridgehead atoms. The first-order valence-electron chi connectivity index (χ1n) is 6.40. The summed E-state index contributed by atoms with van der Waals surface area (Å²) in [7, 11) is 1.66. The fraction of sp³-hybridized carbons (Fsp3) is 0.571. The topological polar surface area (TPSA) is 21.3 Å². The van der Waals surface area contributed by atoms with Gasteiger partial charge in [0.15, 0.2) is 0 Å². The maximum atomic E-state index is 12.5. The van der Waals surface area contributed by atoms with E-state index >= 15 is 0 Å². The summed E-state index contributed by atoms with van der Waals surface area (Å²) in [5, 5.41) is 3.35. The van der Waals surface area contributed by atoms with Crippen molar-refractivity contribution in [3.05, 3.63) is 35.4 Å². The number of ether oxygens (including phenoxy) is 1. The van der Waals surface area contributed by atoms with Crippen LogP contribution in [0.1, 0.15) is 29.9 Å². The Bertz CT molecular complexity index is 400. The van der Waals surface area contributed by atoms with Gasteiger partial charge < -0.3 is 10.1 Å². The molecule has 1 aromatic rings. The standard InChI is InChI=1S/C14H18F3NO/c1-19-9-13-8-11(6-7-18-13)10-2-4-12(5-3-10)14(15,16)17/h2-5,11,13,18H,6-9H2,1H3. The quantitative estimate of drug-likeness (QED) is 0.913. The fourth-order valence-electron chi connectivity index (χ4n) is 2.58. The number of benzene rings is 1. The van der Waals surface area contributed by atoms with Gasteiger partial charge >= 0.3 is 6.18 Å². The zero-order valence-corrected chi connectivity index (χ0v) is 10.8. The van der Waals surface area contributed by atoms with Crippen LogP contribution in [0.25, 0.3) is 0 Å². The third kappa shape index (κ3) is 3.70. The van der Waals surface area contributed by atoms with Crippen molar-refractivity contribution in [3.8, 4) is 0 Å². The lowest BCUT2D eigenvalue weighted by Crippen LogP contribution is -2.40. The van der Waals surface area contributed by atoms with Crippen LogP contribution in [0.5, 0.6) is 0 Å². The molecule has 0 saturated carbocycles. The Labute approximate surface area is 111 Å². The van der Waals surface area contributed by atoms with Crippen molar-refractivity contribution in [1.29, 1.82) is 0 Å². The predicted molar refractivity (Wildman–Crippen MR) is 67.1 cm³/mol. The molecule has 2 unspecified atom stereocenters. The second kappa shape index (κ2) is 5.92. The van der Waals surface area contributed by atoms with Crippen molar-refractivity contribution in [2.24, 2.45) is 0 Å². The van der Waals surface area contributed by atoms with Gasteiger partial charge in [-0.3, -0.25) is 0 Å². The monoisotopic (exact) mass is 273 g/mol. The van der Waals surface area contributed by atoms with E-state index in [9.17, 15) is 13.2 Å². The van der Waals surface area contributed by atoms with Crippen molar-refractivity contribution in [2.45, 2.75) is 31.0 Å². The summed E-state index contributed by atoms with van der Waals surface area (Å²) in [5.41, 5.74) is 0.397. The van der Waals surface area contributed by atoms with Crippen LogP contribution in [-0.2, 0) is 10.9 Å². The third-order valence-electron chi connectivity index (χ3n) is 3.57. The number of rotatable bonds is 3. The molecule has 1 aromatic carbocycles. The molecule has 0 spiro atoms. The van der Waals surface area contributed by atoms with Crippen LogP contribution in [0.4, 0.5) is 13.2 Å². The van der Waals surface area contributed by atoms with Crippen LogP contribution in [0.15, 0.2) is 24.3 Å². The van der Waals surface area contributed by atoms with E-state index in [0.717, 1.165) is 24.9 Å². The highest BCUT2D eigenvalue weighted by molar-refractivity contribution is 5.27. The second-order valence-electron chi connectivity index (χ2n) is 4.95. The van der Waals surface area contributed by atoms with Gasteiger partial charge in [0, 0.05) is 13.2 Å². The molecule has 0 radical (unpaired) electrons. The van der Waals surface area contributed by atoms with E-state index in [2.05, 4.69) is 5.32 Å². The average molecular weight is 273 g/mol. The zero-order chi connectivity index (χ0) is 13.9. The average Bonchev–Trinajstić information content (AvgIpc) is 2.39. The highest BCUT2D eigenvalue weighted by Gasteiger charge is 2.30. The molecule has 1 N–H and O–H groups in total. The predicted octanol–water partition coefficient (Wildman–Crippen LogP) is 3.19. The van der Waals surface area contributed by atoms with Crippen LogP contribution in [-0.4, -0.2) is 26.3 Å². The normalized spacial score (nSPS) is 24.4. The van der Waals surface area contributed by atoms with Crippen molar-refractivity contribution in [2.75, 3.05) is 20.3 Å². The summed E-state index contributed by atoms with van der Waals surface area (Å²) in [6.45, 7) is 1.51. The largest absolute Gasteiger partial charge is 0.416 e. The van der Waals surface area contributed by atoms with Gasteiger partial charge in [-0.1, -0.05) is 12.1 Å². The van der Waals surface area contributed by atoms with Gasteiger partial charge in [0.1, 0.15) is 0 Å². The summed E-state index contributed by atoms with van der Waals surface area (Å²) < 4.78 is 42.6. The zero-order valence-electron chi connectivity index (χ0n) is 10.8. The summed E-state index contributed by atoms with van der Waals surface area (Å²) in [5.74, 6) is 0.309. The van der Waals surface area contributed by atoms with Gasteiger partial charge in [0.05, 0.1) is 12.2 Å². The Morgan fingerprint density at radius 1 is 1.26 bits per heavy atom. The molecule has 2 rings (SSSR count). The van der Waals surface area contributed by atoms with Crippen molar-refractivity contribution < 1.29 is 17.9 Å². The Morgan fingerprint density at radius 2 is 1.95 bits per heavy atom. The van der Waals surface area contributed by atoms with Gasteiger partial charge in [-0.15, -0.1) is 0 Å². The summed E-state index contributed by atoms with van der Waals surface area (Å²) in [6.07, 6.45) is -2.41. The van der Waals surface area contributed by atoms with Gasteiger partial charge in [0.2, 0.25) is 0 Å². The Hall–Kier alpha value is -1.07. The lowest BCUT2D eigenvalue weighted by molar-refractivity contribution is -0.137. The number of hydrogen-bond donors (Lipinski definition) is 1. The van der Waals surface area contributed by atoms with Crippen LogP contribution in [0.3, 0.4) is 0 Å². The molecule has 19 heavy (non-hydrogen) atoms. The summed E-state index contributed by atoms with van der Waals surface area (Å²) >= 11 is 0. The molecule has 0 amide bonds. The van der Waals surface area contributed by atoms with E-state index in [4.69, 9.17) is 4.74 Å². The maximum Gasteiger partial charge on any atom is 0.416 e. The minimum Gasteiger partial charge on any atom is -0.383 e. The lowest BCUT2D eigenvalue weighted by atomic mass is 9.86. The van der Waals surface area contributed by atoms with E-state index in [0.29, 0.717) is 12.5 Å². The number of methoxy groups -OCH3 is 1. The van der Waals surface area contributed by atoms with E-state index in [1.54, 1.807) is 19.2 Å². The van der Waals surface area contributed by atoms with Gasteiger partial charge in [-0.2, -0.15) is 13.2 Å². The van der Waals surface area contributed by atoms with E-state index in [1.165, 1.54) is 12.1 Å². The summed E-state index contributed by atoms with van der Waals surface area (Å²) in [6, 6.07) is 5.82. The molecule has 1 saturated heterocycles. The van der Waals surface area contributed by atoms with Crippen LogP contribution < -0.4 is 5.32 Å². The Kier molecular flexibility index (Phi) is 4.47. The fourth-order valence-corrected chi connectivity index (χ4v) is 2.58. The number of alkyl halides is 3.